The molecule has 0 saturated carbocycles. The van der Waals surface area contributed by atoms with E-state index in [2.05, 4.69) is 276 Å². The quantitative estimate of drug-likeness (QED) is 0.141. The standard InChI is InChI=1S/C63H44N2/c1-5-17-45(18-6-1)46-29-35-53(36-30-46)64(56-41-42-58-57-26-14-15-27-59(57)63(60(58)44-56,51-22-9-3-10-23-51)52-24-11-4-12-25-52)54-37-31-47(32-38-54)48-33-39-55(40-34-48)65-61-28-16-13-21-50(61)43-62(65)49-19-7-2-8-20-49/h1-44H. The molecule has 2 heteroatoms. The summed E-state index contributed by atoms with van der Waals surface area (Å²) < 4.78 is 2.37. The molecule has 306 valence electrons. The van der Waals surface area contributed by atoms with Crippen LogP contribution >= 0.6 is 0 Å². The van der Waals surface area contributed by atoms with Crippen LogP contribution in [0.4, 0.5) is 17.1 Å². The molecule has 0 saturated heterocycles. The Hall–Kier alpha value is -8.46. The Bertz CT molecular complexity index is 3390. The number of benzene rings is 10. The minimum atomic E-state index is -0.502. The lowest BCUT2D eigenvalue weighted by molar-refractivity contribution is 0.768. The fourth-order valence-corrected chi connectivity index (χ4v) is 10.3. The van der Waals surface area contributed by atoms with Gasteiger partial charge < -0.3 is 9.47 Å². The van der Waals surface area contributed by atoms with E-state index in [0.29, 0.717) is 0 Å². The van der Waals surface area contributed by atoms with Crippen LogP contribution in [-0.2, 0) is 5.41 Å². The fourth-order valence-electron chi connectivity index (χ4n) is 10.3. The van der Waals surface area contributed by atoms with E-state index in [1.54, 1.807) is 0 Å². The zero-order valence-corrected chi connectivity index (χ0v) is 35.8. The first-order chi connectivity index (χ1) is 32.2. The van der Waals surface area contributed by atoms with E-state index >= 15 is 0 Å². The fraction of sp³-hybridized carbons (Fsp3) is 0.0159. The third-order valence-corrected chi connectivity index (χ3v) is 13.3. The summed E-state index contributed by atoms with van der Waals surface area (Å²) in [6, 6.07) is 97.4. The average molecular weight is 829 g/mol. The van der Waals surface area contributed by atoms with Crippen LogP contribution in [0.2, 0.25) is 0 Å². The summed E-state index contributed by atoms with van der Waals surface area (Å²) in [6.07, 6.45) is 0. The largest absolute Gasteiger partial charge is 0.310 e. The minimum absolute atomic E-state index is 0.502. The number of fused-ring (bicyclic) bond motifs is 4. The molecule has 0 atom stereocenters. The summed E-state index contributed by atoms with van der Waals surface area (Å²) in [7, 11) is 0. The van der Waals surface area contributed by atoms with Crippen molar-refractivity contribution in [3.63, 3.8) is 0 Å². The average Bonchev–Trinajstić information content (AvgIpc) is 3.92. The van der Waals surface area contributed by atoms with Gasteiger partial charge in [0.05, 0.1) is 16.6 Å². The Kier molecular flexibility index (Phi) is 9.43. The van der Waals surface area contributed by atoms with Crippen molar-refractivity contribution >= 4 is 28.0 Å². The van der Waals surface area contributed by atoms with E-state index < -0.39 is 5.41 Å². The third kappa shape index (κ3) is 6.50. The van der Waals surface area contributed by atoms with Crippen LogP contribution in [-0.4, -0.2) is 4.57 Å². The van der Waals surface area contributed by atoms with Gasteiger partial charge in [-0.25, -0.2) is 0 Å². The number of nitrogens with zero attached hydrogens (tertiary/aromatic N) is 2. The Morgan fingerprint density at radius 1 is 0.308 bits per heavy atom. The van der Waals surface area contributed by atoms with Gasteiger partial charge in [-0.05, 0) is 122 Å². The van der Waals surface area contributed by atoms with Gasteiger partial charge in [0.25, 0.3) is 0 Å². The van der Waals surface area contributed by atoms with Crippen molar-refractivity contribution in [2.75, 3.05) is 4.90 Å². The topological polar surface area (TPSA) is 8.17 Å². The number of anilines is 3. The molecule has 2 nitrogen and oxygen atoms in total. The normalized spacial score (nSPS) is 12.4. The summed E-state index contributed by atoms with van der Waals surface area (Å²) in [4.78, 5) is 2.41. The van der Waals surface area contributed by atoms with Gasteiger partial charge >= 0.3 is 0 Å². The third-order valence-electron chi connectivity index (χ3n) is 13.3. The predicted octanol–water partition coefficient (Wildman–Crippen LogP) is 16.5. The van der Waals surface area contributed by atoms with Crippen LogP contribution < -0.4 is 4.90 Å². The van der Waals surface area contributed by atoms with E-state index in [9.17, 15) is 0 Å². The molecule has 1 heterocycles. The second-order valence-corrected chi connectivity index (χ2v) is 16.9. The maximum Gasteiger partial charge on any atom is 0.0714 e. The van der Waals surface area contributed by atoms with Crippen molar-refractivity contribution in [3.05, 3.63) is 289 Å². The monoisotopic (exact) mass is 828 g/mol. The first-order valence-electron chi connectivity index (χ1n) is 22.4. The Labute approximate surface area is 380 Å². The molecule has 0 fully saturated rings. The molecule has 11 aromatic rings. The van der Waals surface area contributed by atoms with Gasteiger partial charge in [-0.3, -0.25) is 0 Å². The van der Waals surface area contributed by atoms with Crippen LogP contribution in [0.5, 0.6) is 0 Å². The highest BCUT2D eigenvalue weighted by Gasteiger charge is 2.46. The number of hydrogen-bond donors (Lipinski definition) is 0. The molecule has 10 aromatic carbocycles. The van der Waals surface area contributed by atoms with Crippen molar-refractivity contribution in [1.82, 2.24) is 4.57 Å². The maximum atomic E-state index is 2.45. The molecule has 1 aromatic heterocycles. The van der Waals surface area contributed by atoms with Gasteiger partial charge in [-0.15, -0.1) is 0 Å². The molecular formula is C63H44N2. The lowest BCUT2D eigenvalue weighted by Gasteiger charge is -2.35. The van der Waals surface area contributed by atoms with Gasteiger partial charge in [-0.1, -0.05) is 206 Å². The van der Waals surface area contributed by atoms with Crippen molar-refractivity contribution in [3.8, 4) is 50.3 Å². The first-order valence-corrected chi connectivity index (χ1v) is 22.4. The summed E-state index contributed by atoms with van der Waals surface area (Å²) in [5.41, 5.74) is 19.8. The Balaban J connectivity index is 0.970. The molecule has 12 rings (SSSR count). The van der Waals surface area contributed by atoms with Gasteiger partial charge in [0, 0.05) is 28.1 Å². The summed E-state index contributed by atoms with van der Waals surface area (Å²) in [6.45, 7) is 0. The van der Waals surface area contributed by atoms with Crippen LogP contribution in [0.3, 0.4) is 0 Å². The van der Waals surface area contributed by atoms with Gasteiger partial charge in [0.1, 0.15) is 0 Å². The highest BCUT2D eigenvalue weighted by Crippen LogP contribution is 2.57. The lowest BCUT2D eigenvalue weighted by atomic mass is 9.67. The molecular weight excluding hydrogens is 785 g/mol. The molecule has 0 aliphatic heterocycles. The van der Waals surface area contributed by atoms with Gasteiger partial charge in [0.2, 0.25) is 0 Å². The van der Waals surface area contributed by atoms with Crippen LogP contribution in [0.25, 0.3) is 61.2 Å². The highest BCUT2D eigenvalue weighted by molar-refractivity contribution is 5.91. The smallest absolute Gasteiger partial charge is 0.0714 e. The summed E-state index contributed by atoms with van der Waals surface area (Å²) in [5.74, 6) is 0. The summed E-state index contributed by atoms with van der Waals surface area (Å²) >= 11 is 0. The molecule has 0 bridgehead atoms. The van der Waals surface area contributed by atoms with E-state index in [1.807, 2.05) is 0 Å². The number of hydrogen-bond acceptors (Lipinski definition) is 1. The summed E-state index contributed by atoms with van der Waals surface area (Å²) in [5, 5.41) is 1.23. The van der Waals surface area contributed by atoms with Crippen LogP contribution in [0.15, 0.2) is 267 Å². The number of aromatic nitrogens is 1. The molecule has 65 heavy (non-hydrogen) atoms. The lowest BCUT2D eigenvalue weighted by Crippen LogP contribution is -2.28. The molecule has 0 unspecified atom stereocenters. The van der Waals surface area contributed by atoms with Gasteiger partial charge in [-0.2, -0.15) is 0 Å². The SMILES string of the molecule is c1ccc(-c2ccc(N(c3ccc(-c4ccc(-n5c(-c6ccccc6)cc6ccccc65)cc4)cc3)c3ccc4c(c3)C(c3ccccc3)(c3ccccc3)c3ccccc3-4)cc2)cc1. The Morgan fingerprint density at radius 2 is 0.754 bits per heavy atom. The zero-order valence-electron chi connectivity index (χ0n) is 35.8. The predicted molar refractivity (Wildman–Crippen MR) is 272 cm³/mol. The van der Waals surface area contributed by atoms with E-state index in [1.165, 1.54) is 72.2 Å². The second-order valence-electron chi connectivity index (χ2n) is 16.9. The van der Waals surface area contributed by atoms with Crippen molar-refractivity contribution in [2.45, 2.75) is 5.41 Å². The molecule has 0 radical (unpaired) electrons. The van der Waals surface area contributed by atoms with E-state index in [0.717, 1.165) is 28.3 Å². The van der Waals surface area contributed by atoms with E-state index in [-0.39, 0.29) is 0 Å². The van der Waals surface area contributed by atoms with E-state index in [4.69, 9.17) is 0 Å². The molecule has 0 spiro atoms. The van der Waals surface area contributed by atoms with Crippen molar-refractivity contribution in [2.24, 2.45) is 0 Å². The number of para-hydroxylation sites is 1. The molecule has 1 aliphatic carbocycles. The van der Waals surface area contributed by atoms with Crippen LogP contribution in [0, 0.1) is 0 Å². The zero-order chi connectivity index (χ0) is 43.2. The number of rotatable bonds is 9. The maximum absolute atomic E-state index is 2.45. The second kappa shape index (κ2) is 16.0. The van der Waals surface area contributed by atoms with Crippen molar-refractivity contribution in [1.29, 1.82) is 0 Å². The minimum Gasteiger partial charge on any atom is -0.310 e. The molecule has 0 amide bonds. The van der Waals surface area contributed by atoms with Gasteiger partial charge in [0.15, 0.2) is 0 Å². The Morgan fingerprint density at radius 3 is 1.35 bits per heavy atom. The molecule has 1 aliphatic rings. The van der Waals surface area contributed by atoms with Crippen LogP contribution in [0.1, 0.15) is 22.3 Å². The first kappa shape index (κ1) is 38.2. The highest BCUT2D eigenvalue weighted by atomic mass is 15.1. The molecule has 0 N–H and O–H groups in total. The van der Waals surface area contributed by atoms with Crippen molar-refractivity contribution < 1.29 is 0 Å².